The van der Waals surface area contributed by atoms with Crippen molar-refractivity contribution < 1.29 is 18.7 Å². The Labute approximate surface area is 167 Å². The molecule has 0 aliphatic heterocycles. The van der Waals surface area contributed by atoms with Crippen LogP contribution in [0.15, 0.2) is 60.7 Å². The van der Waals surface area contributed by atoms with Crippen molar-refractivity contribution in [3.05, 3.63) is 83.4 Å². The average molecular weight is 393 g/mol. The number of nitrogens with one attached hydrogen (secondary N) is 1. The highest BCUT2D eigenvalue weighted by Crippen LogP contribution is 2.19. The van der Waals surface area contributed by atoms with Crippen molar-refractivity contribution >= 4 is 23.6 Å². The molecule has 0 atom stereocenters. The van der Waals surface area contributed by atoms with E-state index in [1.54, 1.807) is 47.2 Å². The van der Waals surface area contributed by atoms with E-state index in [0.29, 0.717) is 17.1 Å². The summed E-state index contributed by atoms with van der Waals surface area (Å²) in [6, 6.07) is 14.9. The molecule has 3 aromatic rings. The molecule has 1 aromatic heterocycles. The second-order valence-electron chi connectivity index (χ2n) is 6.33. The van der Waals surface area contributed by atoms with Crippen LogP contribution < -0.4 is 5.32 Å². The minimum Gasteiger partial charge on any atom is -0.452 e. The molecule has 0 radical (unpaired) electrons. The Kier molecular flexibility index (Phi) is 6.19. The van der Waals surface area contributed by atoms with Crippen molar-refractivity contribution in [2.24, 2.45) is 0 Å². The summed E-state index contributed by atoms with van der Waals surface area (Å²) in [6.07, 6.45) is 2.84. The molecule has 0 aliphatic carbocycles. The van der Waals surface area contributed by atoms with Crippen molar-refractivity contribution in [1.82, 2.24) is 9.78 Å². The fourth-order valence-electron chi connectivity index (χ4n) is 2.78. The number of rotatable bonds is 6. The lowest BCUT2D eigenvalue weighted by atomic mass is 10.2. The number of nitrogens with zero attached hydrogens (tertiary/aromatic N) is 2. The lowest BCUT2D eigenvalue weighted by molar-refractivity contribution is -0.142. The van der Waals surface area contributed by atoms with Crippen molar-refractivity contribution in [3.63, 3.8) is 0 Å². The zero-order valence-electron chi connectivity index (χ0n) is 16.1. The van der Waals surface area contributed by atoms with E-state index in [0.717, 1.165) is 11.3 Å². The van der Waals surface area contributed by atoms with Gasteiger partial charge in [-0.1, -0.05) is 18.2 Å². The maximum atomic E-state index is 13.1. The fourth-order valence-corrected chi connectivity index (χ4v) is 2.78. The molecule has 0 fully saturated rings. The molecule has 0 spiro atoms. The number of anilines is 1. The van der Waals surface area contributed by atoms with Gasteiger partial charge in [0, 0.05) is 23.0 Å². The molecular formula is C22H20FN3O3. The molecular weight excluding hydrogens is 373 g/mol. The number of aryl methyl sites for hydroxylation is 1. The second kappa shape index (κ2) is 8.97. The average Bonchev–Trinajstić information content (AvgIpc) is 3.00. The first kappa shape index (κ1) is 20.0. The Morgan fingerprint density at radius 2 is 1.79 bits per heavy atom. The van der Waals surface area contributed by atoms with E-state index < -0.39 is 11.9 Å². The number of ether oxygens (including phenoxy) is 1. The normalized spacial score (nSPS) is 10.9. The van der Waals surface area contributed by atoms with Gasteiger partial charge in [0.15, 0.2) is 6.61 Å². The largest absolute Gasteiger partial charge is 0.452 e. The van der Waals surface area contributed by atoms with Crippen LogP contribution in [0.2, 0.25) is 0 Å². The first-order chi connectivity index (χ1) is 13.9. The number of benzene rings is 2. The Bertz CT molecular complexity index is 1040. The molecule has 0 aliphatic rings. The molecule has 148 valence electrons. The van der Waals surface area contributed by atoms with Gasteiger partial charge >= 0.3 is 5.97 Å². The van der Waals surface area contributed by atoms with Crippen molar-refractivity contribution in [2.75, 3.05) is 11.9 Å². The standard InChI is InChI=1S/C22H20FN3O3/c1-15-20(16(2)26(25-15)19-10-8-17(23)9-11-19)12-13-22(28)29-14-21(27)24-18-6-4-3-5-7-18/h3-13H,14H2,1-2H3,(H,24,27). The molecule has 0 bridgehead atoms. The van der Waals surface area contributed by atoms with Gasteiger partial charge in [0.1, 0.15) is 5.82 Å². The van der Waals surface area contributed by atoms with Gasteiger partial charge in [-0.05, 0) is 56.3 Å². The molecule has 1 amide bonds. The van der Waals surface area contributed by atoms with E-state index >= 15 is 0 Å². The molecule has 2 aromatic carbocycles. The monoisotopic (exact) mass is 393 g/mol. The van der Waals surface area contributed by atoms with E-state index in [1.807, 2.05) is 19.9 Å². The number of hydrogen-bond acceptors (Lipinski definition) is 4. The number of hydrogen-bond donors (Lipinski definition) is 1. The van der Waals surface area contributed by atoms with E-state index in [-0.39, 0.29) is 12.4 Å². The molecule has 0 saturated carbocycles. The second-order valence-corrected chi connectivity index (χ2v) is 6.33. The van der Waals surface area contributed by atoms with Gasteiger partial charge in [-0.3, -0.25) is 4.79 Å². The minimum absolute atomic E-state index is 0.325. The quantitative estimate of drug-likeness (QED) is 0.510. The van der Waals surface area contributed by atoms with Gasteiger partial charge in [-0.25, -0.2) is 13.9 Å². The molecule has 0 saturated heterocycles. The van der Waals surface area contributed by atoms with Crippen molar-refractivity contribution in [1.29, 1.82) is 0 Å². The van der Waals surface area contributed by atoms with Crippen LogP contribution >= 0.6 is 0 Å². The van der Waals surface area contributed by atoms with Crippen LogP contribution in [-0.2, 0) is 14.3 Å². The van der Waals surface area contributed by atoms with E-state index in [4.69, 9.17) is 4.74 Å². The number of carbonyl (C=O) groups is 2. The topological polar surface area (TPSA) is 73.2 Å². The Morgan fingerprint density at radius 1 is 1.10 bits per heavy atom. The number of esters is 1. The fraction of sp³-hybridized carbons (Fsp3) is 0.136. The van der Waals surface area contributed by atoms with Crippen molar-refractivity contribution in [2.45, 2.75) is 13.8 Å². The predicted molar refractivity (Wildman–Crippen MR) is 108 cm³/mol. The highest BCUT2D eigenvalue weighted by molar-refractivity contribution is 5.94. The van der Waals surface area contributed by atoms with E-state index in [1.165, 1.54) is 18.2 Å². The maximum Gasteiger partial charge on any atom is 0.331 e. The molecule has 1 heterocycles. The number of halogens is 1. The minimum atomic E-state index is -0.637. The molecule has 0 unspecified atom stereocenters. The number of aromatic nitrogens is 2. The van der Waals surface area contributed by atoms with E-state index in [2.05, 4.69) is 10.4 Å². The van der Waals surface area contributed by atoms with Gasteiger partial charge in [0.2, 0.25) is 0 Å². The first-order valence-electron chi connectivity index (χ1n) is 8.96. The lowest BCUT2D eigenvalue weighted by Gasteiger charge is -2.05. The van der Waals surface area contributed by atoms with Crippen LogP contribution in [0, 0.1) is 19.7 Å². The Balaban J connectivity index is 1.61. The highest BCUT2D eigenvalue weighted by Gasteiger charge is 2.12. The Morgan fingerprint density at radius 3 is 2.48 bits per heavy atom. The summed E-state index contributed by atoms with van der Waals surface area (Å²) < 4.78 is 19.8. The van der Waals surface area contributed by atoms with Crippen LogP contribution in [0.1, 0.15) is 17.0 Å². The SMILES string of the molecule is Cc1nn(-c2ccc(F)cc2)c(C)c1C=CC(=O)OCC(=O)Nc1ccccc1. The number of para-hydroxylation sites is 1. The molecule has 3 rings (SSSR count). The number of carbonyl (C=O) groups excluding carboxylic acids is 2. The summed E-state index contributed by atoms with van der Waals surface area (Å²) in [5.74, 6) is -1.38. The van der Waals surface area contributed by atoms with Crippen LogP contribution in [0.5, 0.6) is 0 Å². The third kappa shape index (κ3) is 5.16. The lowest BCUT2D eigenvalue weighted by Crippen LogP contribution is -2.20. The highest BCUT2D eigenvalue weighted by atomic mass is 19.1. The summed E-state index contributed by atoms with van der Waals surface area (Å²) in [5, 5.41) is 7.07. The zero-order valence-corrected chi connectivity index (χ0v) is 16.1. The summed E-state index contributed by atoms with van der Waals surface area (Å²) in [4.78, 5) is 23.8. The maximum absolute atomic E-state index is 13.1. The van der Waals surface area contributed by atoms with Crippen LogP contribution in [-0.4, -0.2) is 28.3 Å². The number of amides is 1. The molecule has 7 heteroatoms. The predicted octanol–water partition coefficient (Wildman–Crippen LogP) is 3.82. The van der Waals surface area contributed by atoms with Crippen LogP contribution in [0.4, 0.5) is 10.1 Å². The third-order valence-corrected chi connectivity index (χ3v) is 4.21. The molecule has 6 nitrogen and oxygen atoms in total. The summed E-state index contributed by atoms with van der Waals surface area (Å²) in [7, 11) is 0. The smallest absolute Gasteiger partial charge is 0.331 e. The van der Waals surface area contributed by atoms with Gasteiger partial charge in [0.05, 0.1) is 11.4 Å². The van der Waals surface area contributed by atoms with Crippen LogP contribution in [0.25, 0.3) is 11.8 Å². The van der Waals surface area contributed by atoms with Gasteiger partial charge < -0.3 is 10.1 Å². The van der Waals surface area contributed by atoms with E-state index in [9.17, 15) is 14.0 Å². The summed E-state index contributed by atoms with van der Waals surface area (Å²) in [6.45, 7) is 3.28. The summed E-state index contributed by atoms with van der Waals surface area (Å²) in [5.41, 5.74) is 3.59. The Hall–Kier alpha value is -3.74. The van der Waals surface area contributed by atoms with Crippen LogP contribution in [0.3, 0.4) is 0 Å². The van der Waals surface area contributed by atoms with Gasteiger partial charge in [-0.2, -0.15) is 5.10 Å². The summed E-state index contributed by atoms with van der Waals surface area (Å²) >= 11 is 0. The van der Waals surface area contributed by atoms with Gasteiger partial charge in [-0.15, -0.1) is 0 Å². The van der Waals surface area contributed by atoms with Gasteiger partial charge in [0.25, 0.3) is 5.91 Å². The van der Waals surface area contributed by atoms with Crippen molar-refractivity contribution in [3.8, 4) is 5.69 Å². The molecule has 1 N–H and O–H groups in total. The third-order valence-electron chi connectivity index (χ3n) is 4.21. The zero-order chi connectivity index (χ0) is 20.8. The molecule has 29 heavy (non-hydrogen) atoms. The first-order valence-corrected chi connectivity index (χ1v) is 8.96.